The van der Waals surface area contributed by atoms with Crippen LogP contribution >= 0.6 is 0 Å². The molecule has 27 heavy (non-hydrogen) atoms. The van der Waals surface area contributed by atoms with Gasteiger partial charge in [0.2, 0.25) is 0 Å². The van der Waals surface area contributed by atoms with E-state index in [4.69, 9.17) is 9.47 Å². The Morgan fingerprint density at radius 3 is 2.59 bits per heavy atom. The first kappa shape index (κ1) is 19.2. The van der Waals surface area contributed by atoms with E-state index < -0.39 is 0 Å². The summed E-state index contributed by atoms with van der Waals surface area (Å²) in [5, 5.41) is 3.51. The monoisotopic (exact) mass is 367 g/mol. The SMILES string of the molecule is CN=C(NCc1ccccc1COc1ccccc1)N1CCC(COC)C1. The van der Waals surface area contributed by atoms with Gasteiger partial charge in [0.15, 0.2) is 5.96 Å². The second-order valence-electron chi connectivity index (χ2n) is 6.83. The van der Waals surface area contributed by atoms with Crippen molar-refractivity contribution in [3.63, 3.8) is 0 Å². The predicted octanol–water partition coefficient (Wildman–Crippen LogP) is 3.31. The Morgan fingerprint density at radius 1 is 1.11 bits per heavy atom. The third kappa shape index (κ3) is 5.47. The van der Waals surface area contributed by atoms with Gasteiger partial charge in [-0.05, 0) is 29.7 Å². The smallest absolute Gasteiger partial charge is 0.193 e. The second-order valence-corrected chi connectivity index (χ2v) is 6.83. The molecule has 0 saturated carbocycles. The highest BCUT2D eigenvalue weighted by Gasteiger charge is 2.24. The molecule has 1 N–H and O–H groups in total. The summed E-state index contributed by atoms with van der Waals surface area (Å²) in [4.78, 5) is 6.77. The summed E-state index contributed by atoms with van der Waals surface area (Å²) in [6.07, 6.45) is 1.15. The average molecular weight is 367 g/mol. The van der Waals surface area contributed by atoms with Crippen LogP contribution in [0.25, 0.3) is 0 Å². The minimum Gasteiger partial charge on any atom is -0.489 e. The van der Waals surface area contributed by atoms with Crippen molar-refractivity contribution in [2.75, 3.05) is 33.9 Å². The molecule has 5 heteroatoms. The Kier molecular flexibility index (Phi) is 7.11. The van der Waals surface area contributed by atoms with Crippen LogP contribution in [-0.4, -0.2) is 44.7 Å². The van der Waals surface area contributed by atoms with Crippen molar-refractivity contribution in [3.8, 4) is 5.75 Å². The molecule has 0 aliphatic carbocycles. The maximum absolute atomic E-state index is 5.92. The fourth-order valence-corrected chi connectivity index (χ4v) is 3.45. The van der Waals surface area contributed by atoms with E-state index in [0.29, 0.717) is 12.5 Å². The van der Waals surface area contributed by atoms with Gasteiger partial charge in [0, 0.05) is 39.7 Å². The van der Waals surface area contributed by atoms with Crippen molar-refractivity contribution in [2.24, 2.45) is 10.9 Å². The van der Waals surface area contributed by atoms with Crippen LogP contribution in [0.1, 0.15) is 17.5 Å². The summed E-state index contributed by atoms with van der Waals surface area (Å²) >= 11 is 0. The van der Waals surface area contributed by atoms with E-state index in [9.17, 15) is 0 Å². The number of para-hydroxylation sites is 1. The number of nitrogens with one attached hydrogen (secondary N) is 1. The van der Waals surface area contributed by atoms with Crippen molar-refractivity contribution in [2.45, 2.75) is 19.6 Å². The van der Waals surface area contributed by atoms with E-state index in [1.54, 1.807) is 7.11 Å². The van der Waals surface area contributed by atoms with Gasteiger partial charge in [0.1, 0.15) is 12.4 Å². The topological polar surface area (TPSA) is 46.1 Å². The van der Waals surface area contributed by atoms with E-state index >= 15 is 0 Å². The molecule has 1 heterocycles. The number of rotatable bonds is 7. The maximum atomic E-state index is 5.92. The summed E-state index contributed by atoms with van der Waals surface area (Å²) in [5.74, 6) is 2.42. The molecule has 144 valence electrons. The Labute approximate surface area is 162 Å². The molecule has 0 amide bonds. The fraction of sp³-hybridized carbons (Fsp3) is 0.409. The molecule has 1 aliphatic rings. The van der Waals surface area contributed by atoms with Crippen LogP contribution < -0.4 is 10.1 Å². The van der Waals surface area contributed by atoms with Gasteiger partial charge in [-0.15, -0.1) is 0 Å². The quantitative estimate of drug-likeness (QED) is 0.602. The zero-order valence-corrected chi connectivity index (χ0v) is 16.2. The van der Waals surface area contributed by atoms with E-state index in [-0.39, 0.29) is 0 Å². The zero-order chi connectivity index (χ0) is 18.9. The van der Waals surface area contributed by atoms with Crippen LogP contribution in [0.3, 0.4) is 0 Å². The number of ether oxygens (including phenoxy) is 2. The van der Waals surface area contributed by atoms with Gasteiger partial charge in [-0.25, -0.2) is 0 Å². The molecule has 1 fully saturated rings. The predicted molar refractivity (Wildman–Crippen MR) is 109 cm³/mol. The Balaban J connectivity index is 1.57. The number of benzene rings is 2. The molecule has 2 aromatic rings. The highest BCUT2D eigenvalue weighted by Crippen LogP contribution is 2.17. The van der Waals surface area contributed by atoms with Crippen LogP contribution in [0.2, 0.25) is 0 Å². The second kappa shape index (κ2) is 9.97. The molecule has 1 aliphatic heterocycles. The highest BCUT2D eigenvalue weighted by atomic mass is 16.5. The van der Waals surface area contributed by atoms with Gasteiger partial charge in [-0.1, -0.05) is 42.5 Å². The van der Waals surface area contributed by atoms with Gasteiger partial charge in [0.25, 0.3) is 0 Å². The van der Waals surface area contributed by atoms with Crippen molar-refractivity contribution >= 4 is 5.96 Å². The molecule has 0 aromatic heterocycles. The minimum absolute atomic E-state index is 0.556. The number of hydrogen-bond acceptors (Lipinski definition) is 3. The summed E-state index contributed by atoms with van der Waals surface area (Å²) in [6.45, 7) is 4.11. The van der Waals surface area contributed by atoms with Gasteiger partial charge in [-0.3, -0.25) is 4.99 Å². The van der Waals surface area contributed by atoms with E-state index in [1.807, 2.05) is 37.4 Å². The Hall–Kier alpha value is -2.53. The molecule has 3 rings (SSSR count). The summed E-state index contributed by atoms with van der Waals surface area (Å²) in [7, 11) is 3.61. The molecule has 0 radical (unpaired) electrons. The van der Waals surface area contributed by atoms with E-state index in [2.05, 4.69) is 39.5 Å². The lowest BCUT2D eigenvalue weighted by molar-refractivity contribution is 0.157. The van der Waals surface area contributed by atoms with Crippen LogP contribution in [-0.2, 0) is 17.9 Å². The van der Waals surface area contributed by atoms with Crippen molar-refractivity contribution in [1.82, 2.24) is 10.2 Å². The van der Waals surface area contributed by atoms with Crippen molar-refractivity contribution < 1.29 is 9.47 Å². The first-order valence-corrected chi connectivity index (χ1v) is 9.49. The molecule has 0 bridgehead atoms. The maximum Gasteiger partial charge on any atom is 0.193 e. The largest absolute Gasteiger partial charge is 0.489 e. The first-order chi connectivity index (χ1) is 13.3. The van der Waals surface area contributed by atoms with Gasteiger partial charge in [0.05, 0.1) is 6.61 Å². The van der Waals surface area contributed by atoms with Crippen LogP contribution in [0.4, 0.5) is 0 Å². The third-order valence-corrected chi connectivity index (χ3v) is 4.89. The summed E-state index contributed by atoms with van der Waals surface area (Å²) in [5.41, 5.74) is 2.41. The van der Waals surface area contributed by atoms with E-state index in [1.165, 1.54) is 11.1 Å². The number of hydrogen-bond donors (Lipinski definition) is 1. The zero-order valence-electron chi connectivity index (χ0n) is 16.2. The summed E-state index contributed by atoms with van der Waals surface area (Å²) < 4.78 is 11.2. The molecule has 1 unspecified atom stereocenters. The summed E-state index contributed by atoms with van der Waals surface area (Å²) in [6, 6.07) is 18.3. The molecule has 1 saturated heterocycles. The lowest BCUT2D eigenvalue weighted by Crippen LogP contribution is -2.40. The Morgan fingerprint density at radius 2 is 1.85 bits per heavy atom. The molecule has 5 nitrogen and oxygen atoms in total. The van der Waals surface area contributed by atoms with E-state index in [0.717, 1.165) is 44.4 Å². The first-order valence-electron chi connectivity index (χ1n) is 9.49. The van der Waals surface area contributed by atoms with Crippen molar-refractivity contribution in [3.05, 3.63) is 65.7 Å². The van der Waals surface area contributed by atoms with Crippen LogP contribution in [0.5, 0.6) is 5.75 Å². The number of aliphatic imine (C=N–C) groups is 1. The number of methoxy groups -OCH3 is 1. The lowest BCUT2D eigenvalue weighted by atomic mass is 10.1. The molecule has 2 aromatic carbocycles. The molecule has 1 atom stereocenters. The van der Waals surface area contributed by atoms with Crippen LogP contribution in [0.15, 0.2) is 59.6 Å². The van der Waals surface area contributed by atoms with Gasteiger partial charge in [-0.2, -0.15) is 0 Å². The molecular weight excluding hydrogens is 338 g/mol. The Bertz CT molecular complexity index is 733. The van der Waals surface area contributed by atoms with Crippen LogP contribution in [0, 0.1) is 5.92 Å². The number of nitrogens with zero attached hydrogens (tertiary/aromatic N) is 2. The molecule has 0 spiro atoms. The highest BCUT2D eigenvalue weighted by molar-refractivity contribution is 5.80. The number of likely N-dealkylation sites (tertiary alicyclic amines) is 1. The van der Waals surface area contributed by atoms with Crippen molar-refractivity contribution in [1.29, 1.82) is 0 Å². The average Bonchev–Trinajstić information content (AvgIpc) is 3.17. The van der Waals surface area contributed by atoms with Gasteiger partial charge >= 0.3 is 0 Å². The standard InChI is InChI=1S/C22H29N3O2/c1-23-22(25-13-12-18(15-25)16-26-2)24-14-19-8-6-7-9-20(19)17-27-21-10-4-3-5-11-21/h3-11,18H,12-17H2,1-2H3,(H,23,24). The normalized spacial score (nSPS) is 17.2. The third-order valence-electron chi connectivity index (χ3n) is 4.89. The minimum atomic E-state index is 0.556. The lowest BCUT2D eigenvalue weighted by Gasteiger charge is -2.22. The fourth-order valence-electron chi connectivity index (χ4n) is 3.45. The molecular formula is C22H29N3O2. The van der Waals surface area contributed by atoms with Gasteiger partial charge < -0.3 is 19.7 Å². The number of guanidine groups is 1.